The molecule has 0 bridgehead atoms. The first-order chi connectivity index (χ1) is 15.0. The molecular weight excluding hydrogens is 412 g/mol. The van der Waals surface area contributed by atoms with E-state index in [1.54, 1.807) is 0 Å². The van der Waals surface area contributed by atoms with E-state index in [9.17, 15) is 24.3 Å². The summed E-state index contributed by atoms with van der Waals surface area (Å²) in [6, 6.07) is 0. The quantitative estimate of drug-likeness (QED) is 0.652. The molecular formula is C25H36O7. The molecule has 0 radical (unpaired) electrons. The number of fused-ring (bicyclic) bond motifs is 5. The van der Waals surface area contributed by atoms with Crippen molar-refractivity contribution in [3.05, 3.63) is 0 Å². The van der Waals surface area contributed by atoms with Crippen LogP contribution in [0.3, 0.4) is 0 Å². The average molecular weight is 449 g/mol. The second-order valence-electron chi connectivity index (χ2n) is 11.2. The van der Waals surface area contributed by atoms with Gasteiger partial charge in [-0.15, -0.1) is 0 Å². The summed E-state index contributed by atoms with van der Waals surface area (Å²) < 4.78 is 10.7. The first-order valence-corrected chi connectivity index (χ1v) is 12.1. The Morgan fingerprint density at radius 2 is 1.72 bits per heavy atom. The van der Waals surface area contributed by atoms with Crippen LogP contribution < -0.4 is 0 Å². The molecule has 1 N–H and O–H groups in total. The van der Waals surface area contributed by atoms with Gasteiger partial charge in [0, 0.05) is 32.1 Å². The first kappa shape index (κ1) is 23.2. The number of carboxylic acid groups (broad SMARTS) is 1. The van der Waals surface area contributed by atoms with Gasteiger partial charge in [-0.25, -0.2) is 4.79 Å². The number of carboxylic acids is 1. The zero-order valence-corrected chi connectivity index (χ0v) is 19.6. The predicted octanol–water partition coefficient (Wildman–Crippen LogP) is 3.77. The minimum Gasteiger partial charge on any atom is -0.478 e. The van der Waals surface area contributed by atoms with Crippen LogP contribution in [0.2, 0.25) is 0 Å². The standard InChI is InChI=1S/C25H36O7/c1-13(26)31-16-9-10-24(3)15(11-16)5-6-17-18-7-8-19(22(23(29)30)32-14(2)27)25(18,4)12-20(28)21(17)24/h15-19,21-22H,5-12H2,1-4H3,(H,29,30)/t15-,16-,17+,18-,19+,21+,22+,24+,25+/m1/s1. The molecule has 0 spiro atoms. The number of ether oxygens (including phenoxy) is 2. The van der Waals surface area contributed by atoms with Crippen molar-refractivity contribution < 1.29 is 33.8 Å². The van der Waals surface area contributed by atoms with Crippen molar-refractivity contribution in [1.82, 2.24) is 0 Å². The molecule has 4 aliphatic carbocycles. The smallest absolute Gasteiger partial charge is 0.345 e. The summed E-state index contributed by atoms with van der Waals surface area (Å²) in [6.45, 7) is 6.99. The van der Waals surface area contributed by atoms with E-state index in [2.05, 4.69) is 13.8 Å². The van der Waals surface area contributed by atoms with Crippen LogP contribution >= 0.6 is 0 Å². The molecule has 0 aromatic heterocycles. The van der Waals surface area contributed by atoms with E-state index in [1.807, 2.05) is 0 Å². The van der Waals surface area contributed by atoms with Crippen molar-refractivity contribution in [2.45, 2.75) is 91.3 Å². The summed E-state index contributed by atoms with van der Waals surface area (Å²) in [6.07, 6.45) is 5.08. The zero-order valence-electron chi connectivity index (χ0n) is 19.6. The largest absolute Gasteiger partial charge is 0.478 e. The molecule has 178 valence electrons. The SMILES string of the molecule is CC(=O)O[C@@H]1CC[C@@]2(C)[C@H](CC[C@H]3[C@H]4CC[C@@H]([C@H](OC(C)=O)C(=O)O)[C@@]4(C)CC(=O)[C@H]32)C1. The van der Waals surface area contributed by atoms with Crippen molar-refractivity contribution in [2.24, 2.45) is 40.4 Å². The molecule has 7 heteroatoms. The number of aliphatic carboxylic acids is 1. The third-order valence-electron chi connectivity index (χ3n) is 9.61. The van der Waals surface area contributed by atoms with Crippen molar-refractivity contribution >= 4 is 23.7 Å². The van der Waals surface area contributed by atoms with Crippen LogP contribution in [0, 0.1) is 40.4 Å². The lowest BCUT2D eigenvalue weighted by Gasteiger charge is -2.60. The number of hydrogen-bond acceptors (Lipinski definition) is 6. The maximum Gasteiger partial charge on any atom is 0.345 e. The summed E-state index contributed by atoms with van der Waals surface area (Å²) in [5, 5.41) is 9.77. The summed E-state index contributed by atoms with van der Waals surface area (Å²) >= 11 is 0. The molecule has 0 saturated heterocycles. The van der Waals surface area contributed by atoms with Crippen molar-refractivity contribution in [2.75, 3.05) is 0 Å². The van der Waals surface area contributed by atoms with E-state index in [4.69, 9.17) is 9.47 Å². The van der Waals surface area contributed by atoms with Crippen molar-refractivity contribution in [1.29, 1.82) is 0 Å². The fourth-order valence-corrected chi connectivity index (χ4v) is 8.39. The van der Waals surface area contributed by atoms with Gasteiger partial charge in [-0.3, -0.25) is 14.4 Å². The number of carbonyl (C=O) groups excluding carboxylic acids is 3. The lowest BCUT2D eigenvalue weighted by Crippen LogP contribution is -2.58. The van der Waals surface area contributed by atoms with Crippen LogP contribution in [-0.2, 0) is 28.7 Å². The van der Waals surface area contributed by atoms with E-state index in [-0.39, 0.29) is 46.9 Å². The zero-order chi connectivity index (χ0) is 23.4. The Morgan fingerprint density at radius 3 is 2.34 bits per heavy atom. The Morgan fingerprint density at radius 1 is 1.00 bits per heavy atom. The third kappa shape index (κ3) is 3.65. The van der Waals surface area contributed by atoms with Crippen molar-refractivity contribution in [3.8, 4) is 0 Å². The van der Waals surface area contributed by atoms with Gasteiger partial charge in [0.1, 0.15) is 11.9 Å². The topological polar surface area (TPSA) is 107 Å². The molecule has 32 heavy (non-hydrogen) atoms. The summed E-state index contributed by atoms with van der Waals surface area (Å²) in [5.74, 6) is -1.22. The Kier molecular flexibility index (Phi) is 5.91. The fourth-order valence-electron chi connectivity index (χ4n) is 8.39. The average Bonchev–Trinajstić information content (AvgIpc) is 3.01. The number of Topliss-reactive ketones (excluding diaryl/α,β-unsaturated/α-hetero) is 1. The number of ketones is 1. The lowest BCUT2D eigenvalue weighted by molar-refractivity contribution is -0.179. The summed E-state index contributed by atoms with van der Waals surface area (Å²) in [7, 11) is 0. The van der Waals surface area contributed by atoms with Crippen molar-refractivity contribution in [3.63, 3.8) is 0 Å². The van der Waals surface area contributed by atoms with E-state index in [0.717, 1.165) is 38.5 Å². The highest BCUT2D eigenvalue weighted by atomic mass is 16.6. The highest BCUT2D eigenvalue weighted by molar-refractivity contribution is 5.85. The molecule has 0 amide bonds. The molecule has 7 nitrogen and oxygen atoms in total. The van der Waals surface area contributed by atoms with E-state index >= 15 is 0 Å². The highest BCUT2D eigenvalue weighted by Gasteiger charge is 2.65. The molecule has 0 heterocycles. The molecule has 0 unspecified atom stereocenters. The van der Waals surface area contributed by atoms with Crippen LogP contribution in [0.1, 0.15) is 79.1 Å². The molecule has 9 atom stereocenters. The van der Waals surface area contributed by atoms with Gasteiger partial charge in [-0.2, -0.15) is 0 Å². The number of esters is 2. The predicted molar refractivity (Wildman–Crippen MR) is 114 cm³/mol. The molecule has 4 fully saturated rings. The van der Waals surface area contributed by atoms with E-state index in [0.29, 0.717) is 18.8 Å². The molecule has 0 aromatic carbocycles. The summed E-state index contributed by atoms with van der Waals surface area (Å²) in [4.78, 5) is 48.7. The second-order valence-corrected chi connectivity index (χ2v) is 11.2. The Hall–Kier alpha value is -1.92. The van der Waals surface area contributed by atoms with Crippen LogP contribution in [-0.4, -0.2) is 41.0 Å². The lowest BCUT2D eigenvalue weighted by atomic mass is 9.44. The summed E-state index contributed by atoms with van der Waals surface area (Å²) in [5.41, 5.74) is -0.562. The fraction of sp³-hybridized carbons (Fsp3) is 0.840. The van der Waals surface area contributed by atoms with Crippen LogP contribution in [0.25, 0.3) is 0 Å². The van der Waals surface area contributed by atoms with Crippen LogP contribution in [0.5, 0.6) is 0 Å². The molecule has 4 aliphatic rings. The second kappa shape index (κ2) is 8.14. The van der Waals surface area contributed by atoms with Crippen LogP contribution in [0.15, 0.2) is 0 Å². The van der Waals surface area contributed by atoms with Gasteiger partial charge in [0.2, 0.25) is 6.10 Å². The van der Waals surface area contributed by atoms with E-state index in [1.165, 1.54) is 13.8 Å². The Balaban J connectivity index is 1.59. The van der Waals surface area contributed by atoms with Gasteiger partial charge >= 0.3 is 17.9 Å². The maximum absolute atomic E-state index is 13.7. The third-order valence-corrected chi connectivity index (χ3v) is 9.61. The normalized spacial score (nSPS) is 43.9. The molecule has 4 saturated carbocycles. The van der Waals surface area contributed by atoms with Gasteiger partial charge in [-0.1, -0.05) is 13.8 Å². The van der Waals surface area contributed by atoms with Gasteiger partial charge in [-0.05, 0) is 73.5 Å². The number of carbonyl (C=O) groups is 4. The van der Waals surface area contributed by atoms with Gasteiger partial charge in [0.15, 0.2) is 0 Å². The number of rotatable bonds is 4. The first-order valence-electron chi connectivity index (χ1n) is 12.1. The van der Waals surface area contributed by atoms with Gasteiger partial charge in [0.25, 0.3) is 0 Å². The monoisotopic (exact) mass is 448 g/mol. The molecule has 4 rings (SSSR count). The Bertz CT molecular complexity index is 821. The number of hydrogen-bond donors (Lipinski definition) is 1. The Labute approximate surface area is 189 Å². The van der Waals surface area contributed by atoms with Crippen LogP contribution in [0.4, 0.5) is 0 Å². The molecule has 0 aliphatic heterocycles. The van der Waals surface area contributed by atoms with Gasteiger partial charge < -0.3 is 14.6 Å². The van der Waals surface area contributed by atoms with Gasteiger partial charge in [0.05, 0.1) is 0 Å². The van der Waals surface area contributed by atoms with E-state index < -0.39 is 23.5 Å². The minimum absolute atomic E-state index is 0.0200. The maximum atomic E-state index is 13.7. The molecule has 0 aromatic rings. The highest BCUT2D eigenvalue weighted by Crippen LogP contribution is 2.67. The minimum atomic E-state index is -1.20.